The quantitative estimate of drug-likeness (QED) is 0.749. The first-order valence-corrected chi connectivity index (χ1v) is 6.99. The third-order valence-corrected chi connectivity index (χ3v) is 3.16. The summed E-state index contributed by atoms with van der Waals surface area (Å²) in [4.78, 5) is 4.25. The first-order valence-electron chi connectivity index (χ1n) is 6.61. The molecule has 0 aliphatic heterocycles. The van der Waals surface area contributed by atoms with Crippen molar-refractivity contribution in [1.29, 1.82) is 0 Å². The fraction of sp³-hybridized carbons (Fsp3) is 0.312. The van der Waals surface area contributed by atoms with Gasteiger partial charge in [-0.25, -0.2) is 4.98 Å². The Labute approximate surface area is 124 Å². The van der Waals surface area contributed by atoms with Gasteiger partial charge < -0.3 is 9.47 Å². The zero-order chi connectivity index (χ0) is 14.4. The van der Waals surface area contributed by atoms with Gasteiger partial charge in [-0.2, -0.15) is 0 Å². The molecule has 106 valence electrons. The maximum atomic E-state index is 6.18. The molecule has 3 nitrogen and oxygen atoms in total. The standard InChI is InChI=1S/C16H18ClNO2/c1-3-19-11-14-15(9-12(2)18-16(14)17)20-10-13-7-5-4-6-8-13/h4-9H,3,10-11H2,1-2H3. The van der Waals surface area contributed by atoms with Crippen LogP contribution < -0.4 is 4.74 Å². The summed E-state index contributed by atoms with van der Waals surface area (Å²) >= 11 is 6.18. The Balaban J connectivity index is 2.16. The van der Waals surface area contributed by atoms with Gasteiger partial charge in [-0.05, 0) is 19.4 Å². The number of hydrogen-bond donors (Lipinski definition) is 0. The molecule has 0 N–H and O–H groups in total. The van der Waals surface area contributed by atoms with Gasteiger partial charge in [0.25, 0.3) is 0 Å². The molecule has 0 saturated heterocycles. The summed E-state index contributed by atoms with van der Waals surface area (Å²) in [5.41, 5.74) is 2.74. The predicted octanol–water partition coefficient (Wildman–Crippen LogP) is 4.16. The van der Waals surface area contributed by atoms with Crippen molar-refractivity contribution in [1.82, 2.24) is 4.98 Å². The molecule has 0 unspecified atom stereocenters. The summed E-state index contributed by atoms with van der Waals surface area (Å²) in [6.07, 6.45) is 0. The van der Waals surface area contributed by atoms with E-state index in [-0.39, 0.29) is 0 Å². The van der Waals surface area contributed by atoms with E-state index in [0.29, 0.717) is 25.0 Å². The summed E-state index contributed by atoms with van der Waals surface area (Å²) in [5.74, 6) is 0.736. The van der Waals surface area contributed by atoms with Gasteiger partial charge in [0.05, 0.1) is 12.2 Å². The first-order chi connectivity index (χ1) is 9.70. The minimum Gasteiger partial charge on any atom is -0.488 e. The van der Waals surface area contributed by atoms with Crippen molar-refractivity contribution in [3.63, 3.8) is 0 Å². The molecule has 0 amide bonds. The van der Waals surface area contributed by atoms with E-state index in [1.807, 2.05) is 50.2 Å². The fourth-order valence-electron chi connectivity index (χ4n) is 1.83. The molecule has 1 heterocycles. The van der Waals surface area contributed by atoms with E-state index >= 15 is 0 Å². The van der Waals surface area contributed by atoms with Crippen LogP contribution in [0.2, 0.25) is 5.15 Å². The van der Waals surface area contributed by atoms with Gasteiger partial charge in [0.15, 0.2) is 0 Å². The molecule has 0 fully saturated rings. The van der Waals surface area contributed by atoms with Crippen molar-refractivity contribution in [3.05, 3.63) is 58.4 Å². The summed E-state index contributed by atoms with van der Waals surface area (Å²) in [5, 5.41) is 0.446. The van der Waals surface area contributed by atoms with Crippen molar-refractivity contribution in [2.75, 3.05) is 6.61 Å². The largest absolute Gasteiger partial charge is 0.488 e. The molecule has 0 saturated carbocycles. The normalized spacial score (nSPS) is 10.6. The van der Waals surface area contributed by atoms with E-state index in [1.165, 1.54) is 0 Å². The van der Waals surface area contributed by atoms with Crippen LogP contribution in [0.1, 0.15) is 23.7 Å². The van der Waals surface area contributed by atoms with Gasteiger partial charge >= 0.3 is 0 Å². The summed E-state index contributed by atoms with van der Waals surface area (Å²) in [6.45, 7) is 5.38. The molecule has 0 atom stereocenters. The van der Waals surface area contributed by atoms with Gasteiger partial charge in [-0.3, -0.25) is 0 Å². The number of rotatable bonds is 6. The second-order valence-corrected chi connectivity index (χ2v) is 4.80. The molecule has 4 heteroatoms. The smallest absolute Gasteiger partial charge is 0.138 e. The molecular formula is C16H18ClNO2. The Bertz CT molecular complexity index is 558. The average molecular weight is 292 g/mol. The van der Waals surface area contributed by atoms with Crippen LogP contribution in [0.25, 0.3) is 0 Å². The van der Waals surface area contributed by atoms with Crippen LogP contribution in [0.15, 0.2) is 36.4 Å². The predicted molar refractivity (Wildman–Crippen MR) is 80.1 cm³/mol. The molecule has 1 aromatic heterocycles. The Kier molecular flexibility index (Phi) is 5.39. The maximum Gasteiger partial charge on any atom is 0.138 e. The van der Waals surface area contributed by atoms with E-state index in [1.54, 1.807) is 0 Å². The Morgan fingerprint density at radius 1 is 1.15 bits per heavy atom. The summed E-state index contributed by atoms with van der Waals surface area (Å²) in [6, 6.07) is 11.9. The van der Waals surface area contributed by atoms with Crippen LogP contribution in [0.5, 0.6) is 5.75 Å². The molecule has 2 rings (SSSR count). The van der Waals surface area contributed by atoms with Crippen molar-refractivity contribution >= 4 is 11.6 Å². The van der Waals surface area contributed by atoms with Crippen LogP contribution in [0.3, 0.4) is 0 Å². The highest BCUT2D eigenvalue weighted by atomic mass is 35.5. The van der Waals surface area contributed by atoms with Gasteiger partial charge in [0, 0.05) is 18.4 Å². The molecular weight excluding hydrogens is 274 g/mol. The van der Waals surface area contributed by atoms with Gasteiger partial charge in [0.2, 0.25) is 0 Å². The van der Waals surface area contributed by atoms with E-state index in [0.717, 1.165) is 22.6 Å². The van der Waals surface area contributed by atoms with Crippen LogP contribution in [-0.4, -0.2) is 11.6 Å². The van der Waals surface area contributed by atoms with E-state index in [2.05, 4.69) is 4.98 Å². The van der Waals surface area contributed by atoms with Gasteiger partial charge in [-0.15, -0.1) is 0 Å². The number of aryl methyl sites for hydroxylation is 1. The lowest BCUT2D eigenvalue weighted by molar-refractivity contribution is 0.130. The molecule has 0 radical (unpaired) electrons. The van der Waals surface area contributed by atoms with Crippen molar-refractivity contribution in [2.45, 2.75) is 27.1 Å². The lowest BCUT2D eigenvalue weighted by Gasteiger charge is -2.13. The SMILES string of the molecule is CCOCc1c(OCc2ccccc2)cc(C)nc1Cl. The van der Waals surface area contributed by atoms with Crippen molar-refractivity contribution in [2.24, 2.45) is 0 Å². The Hall–Kier alpha value is -1.58. The number of hydrogen-bond acceptors (Lipinski definition) is 3. The van der Waals surface area contributed by atoms with Crippen molar-refractivity contribution in [3.8, 4) is 5.75 Å². The highest BCUT2D eigenvalue weighted by molar-refractivity contribution is 6.30. The third-order valence-electron chi connectivity index (χ3n) is 2.85. The zero-order valence-electron chi connectivity index (χ0n) is 11.7. The Morgan fingerprint density at radius 2 is 1.90 bits per heavy atom. The van der Waals surface area contributed by atoms with Gasteiger partial charge in [0.1, 0.15) is 17.5 Å². The molecule has 0 bridgehead atoms. The van der Waals surface area contributed by atoms with Crippen LogP contribution in [0, 0.1) is 6.92 Å². The summed E-state index contributed by atoms with van der Waals surface area (Å²) in [7, 11) is 0. The Morgan fingerprint density at radius 3 is 2.60 bits per heavy atom. The molecule has 0 spiro atoms. The summed E-state index contributed by atoms with van der Waals surface area (Å²) < 4.78 is 11.3. The van der Waals surface area contributed by atoms with Crippen LogP contribution in [-0.2, 0) is 18.0 Å². The second kappa shape index (κ2) is 7.27. The zero-order valence-corrected chi connectivity index (χ0v) is 12.5. The monoisotopic (exact) mass is 291 g/mol. The molecule has 0 aliphatic carbocycles. The maximum absolute atomic E-state index is 6.18. The highest BCUT2D eigenvalue weighted by Crippen LogP contribution is 2.27. The van der Waals surface area contributed by atoms with Gasteiger partial charge in [-0.1, -0.05) is 41.9 Å². The van der Waals surface area contributed by atoms with E-state index in [4.69, 9.17) is 21.1 Å². The fourth-order valence-corrected chi connectivity index (χ4v) is 2.11. The number of nitrogens with zero attached hydrogens (tertiary/aromatic N) is 1. The average Bonchev–Trinajstić information content (AvgIpc) is 2.45. The van der Waals surface area contributed by atoms with Crippen LogP contribution >= 0.6 is 11.6 Å². The van der Waals surface area contributed by atoms with E-state index in [9.17, 15) is 0 Å². The molecule has 0 aliphatic rings. The number of benzene rings is 1. The number of pyridine rings is 1. The third kappa shape index (κ3) is 3.95. The molecule has 20 heavy (non-hydrogen) atoms. The minimum absolute atomic E-state index is 0.409. The lowest BCUT2D eigenvalue weighted by Crippen LogP contribution is -2.03. The number of ether oxygens (including phenoxy) is 2. The second-order valence-electron chi connectivity index (χ2n) is 4.44. The highest BCUT2D eigenvalue weighted by Gasteiger charge is 2.11. The number of aromatic nitrogens is 1. The lowest BCUT2D eigenvalue weighted by atomic mass is 10.2. The molecule has 1 aromatic carbocycles. The topological polar surface area (TPSA) is 31.4 Å². The first kappa shape index (κ1) is 14.8. The minimum atomic E-state index is 0.409. The van der Waals surface area contributed by atoms with E-state index < -0.39 is 0 Å². The molecule has 2 aromatic rings. The van der Waals surface area contributed by atoms with Crippen molar-refractivity contribution < 1.29 is 9.47 Å². The van der Waals surface area contributed by atoms with Crippen LogP contribution in [0.4, 0.5) is 0 Å². The number of halogens is 1.